The Morgan fingerprint density at radius 1 is 1.32 bits per heavy atom. The zero-order valence-electron chi connectivity index (χ0n) is 12.3. The van der Waals surface area contributed by atoms with E-state index in [0.717, 1.165) is 19.3 Å². The smallest absolute Gasteiger partial charge is 0.326 e. The minimum atomic E-state index is -0.978. The third kappa shape index (κ3) is 4.40. The summed E-state index contributed by atoms with van der Waals surface area (Å²) in [5.74, 6) is -0.469. The zero-order chi connectivity index (χ0) is 14.6. The van der Waals surface area contributed by atoms with Gasteiger partial charge in [-0.3, -0.25) is 0 Å². The number of nitrogens with zero attached hydrogens (tertiary/aromatic N) is 1. The van der Waals surface area contributed by atoms with Crippen LogP contribution in [0.25, 0.3) is 0 Å². The first-order chi connectivity index (χ1) is 8.82. The molecule has 0 spiro atoms. The molecule has 1 fully saturated rings. The Morgan fingerprint density at radius 3 is 2.42 bits per heavy atom. The van der Waals surface area contributed by atoms with E-state index in [2.05, 4.69) is 12.2 Å². The summed E-state index contributed by atoms with van der Waals surface area (Å²) in [5.41, 5.74) is 0. The lowest BCUT2D eigenvalue weighted by Crippen LogP contribution is -2.52. The molecule has 0 aliphatic heterocycles. The molecule has 5 heteroatoms. The topological polar surface area (TPSA) is 69.6 Å². The van der Waals surface area contributed by atoms with Crippen LogP contribution in [0.15, 0.2) is 0 Å². The Balaban J connectivity index is 2.58. The minimum absolute atomic E-state index is 0.125. The van der Waals surface area contributed by atoms with E-state index in [-0.39, 0.29) is 18.0 Å². The highest BCUT2D eigenvalue weighted by molar-refractivity contribution is 5.82. The maximum Gasteiger partial charge on any atom is 0.326 e. The number of hydrogen-bond donors (Lipinski definition) is 2. The van der Waals surface area contributed by atoms with Crippen LogP contribution in [-0.4, -0.2) is 41.1 Å². The van der Waals surface area contributed by atoms with Crippen molar-refractivity contribution in [3.8, 4) is 0 Å². The first-order valence-electron chi connectivity index (χ1n) is 7.09. The molecule has 0 heterocycles. The number of hydrogen-bond acceptors (Lipinski definition) is 2. The van der Waals surface area contributed by atoms with E-state index in [0.29, 0.717) is 5.92 Å². The predicted octanol–water partition coefficient (Wildman–Crippen LogP) is 2.32. The molecular weight excluding hydrogens is 244 g/mol. The molecule has 19 heavy (non-hydrogen) atoms. The summed E-state index contributed by atoms with van der Waals surface area (Å²) in [6.45, 7) is 5.79. The molecule has 0 aromatic carbocycles. The molecule has 1 aliphatic carbocycles. The van der Waals surface area contributed by atoms with E-state index in [1.165, 1.54) is 6.42 Å². The van der Waals surface area contributed by atoms with Crippen molar-refractivity contribution in [2.45, 2.75) is 58.5 Å². The quantitative estimate of drug-likeness (QED) is 0.823. The molecule has 0 radical (unpaired) electrons. The number of rotatable bonds is 4. The number of carboxylic acids is 1. The van der Waals surface area contributed by atoms with Crippen LogP contribution in [0, 0.1) is 11.8 Å². The average Bonchev–Trinajstić information content (AvgIpc) is 2.33. The van der Waals surface area contributed by atoms with E-state index in [1.807, 2.05) is 0 Å². The molecule has 1 aliphatic rings. The van der Waals surface area contributed by atoms with Gasteiger partial charge in [0.2, 0.25) is 0 Å². The number of aliphatic carboxylic acids is 1. The highest BCUT2D eigenvalue weighted by atomic mass is 16.4. The van der Waals surface area contributed by atoms with Crippen LogP contribution in [0.3, 0.4) is 0 Å². The molecule has 110 valence electrons. The number of amides is 2. The molecule has 0 aromatic heterocycles. The second-order valence-corrected chi connectivity index (χ2v) is 6.05. The molecule has 2 N–H and O–H groups in total. The molecule has 1 rings (SSSR count). The summed E-state index contributed by atoms with van der Waals surface area (Å²) < 4.78 is 0. The Hall–Kier alpha value is -1.26. The molecule has 2 unspecified atom stereocenters. The standard InChI is InChI=1S/C14H26N2O3/c1-9(2)12(13(17)18)15-14(19)16(4)11-7-5-6-10(3)8-11/h9-12H,5-8H2,1-4H3,(H,15,19)(H,17,18)/t10?,11?,12-/m1/s1. The van der Waals surface area contributed by atoms with Gasteiger partial charge < -0.3 is 15.3 Å². The van der Waals surface area contributed by atoms with Gasteiger partial charge in [-0.1, -0.05) is 33.6 Å². The molecule has 2 amide bonds. The molecule has 3 atom stereocenters. The van der Waals surface area contributed by atoms with Crippen molar-refractivity contribution in [2.24, 2.45) is 11.8 Å². The molecule has 1 saturated carbocycles. The predicted molar refractivity (Wildman–Crippen MR) is 74.0 cm³/mol. The highest BCUT2D eigenvalue weighted by Gasteiger charge is 2.29. The summed E-state index contributed by atoms with van der Waals surface area (Å²) in [4.78, 5) is 24.9. The van der Waals surface area contributed by atoms with E-state index < -0.39 is 12.0 Å². The van der Waals surface area contributed by atoms with Crippen LogP contribution in [0.2, 0.25) is 0 Å². The van der Waals surface area contributed by atoms with Crippen LogP contribution < -0.4 is 5.32 Å². The summed E-state index contributed by atoms with van der Waals surface area (Å²) in [5, 5.41) is 11.7. The van der Waals surface area contributed by atoms with Crippen LogP contribution in [-0.2, 0) is 4.79 Å². The fourth-order valence-corrected chi connectivity index (χ4v) is 2.67. The second kappa shape index (κ2) is 6.78. The van der Waals surface area contributed by atoms with Crippen molar-refractivity contribution < 1.29 is 14.7 Å². The van der Waals surface area contributed by atoms with Crippen molar-refractivity contribution in [1.29, 1.82) is 0 Å². The summed E-state index contributed by atoms with van der Waals surface area (Å²) >= 11 is 0. The normalized spacial score (nSPS) is 24.9. The minimum Gasteiger partial charge on any atom is -0.480 e. The largest absolute Gasteiger partial charge is 0.480 e. The zero-order valence-corrected chi connectivity index (χ0v) is 12.3. The number of carboxylic acid groups (broad SMARTS) is 1. The number of nitrogens with one attached hydrogen (secondary N) is 1. The Kier molecular flexibility index (Phi) is 5.63. The molecule has 5 nitrogen and oxygen atoms in total. The lowest BCUT2D eigenvalue weighted by Gasteiger charge is -2.35. The van der Waals surface area contributed by atoms with Gasteiger partial charge in [0.1, 0.15) is 6.04 Å². The van der Waals surface area contributed by atoms with Gasteiger partial charge >= 0.3 is 12.0 Å². The van der Waals surface area contributed by atoms with Gasteiger partial charge in [0.25, 0.3) is 0 Å². The van der Waals surface area contributed by atoms with Gasteiger partial charge in [0.15, 0.2) is 0 Å². The van der Waals surface area contributed by atoms with E-state index in [9.17, 15) is 9.59 Å². The summed E-state index contributed by atoms with van der Waals surface area (Å²) in [6, 6.07) is -0.874. The van der Waals surface area contributed by atoms with Gasteiger partial charge in [-0.05, 0) is 24.7 Å². The third-order valence-electron chi connectivity index (χ3n) is 3.99. The Morgan fingerprint density at radius 2 is 1.95 bits per heavy atom. The second-order valence-electron chi connectivity index (χ2n) is 6.05. The van der Waals surface area contributed by atoms with Crippen LogP contribution >= 0.6 is 0 Å². The van der Waals surface area contributed by atoms with Crippen LogP contribution in [0.4, 0.5) is 4.79 Å². The van der Waals surface area contributed by atoms with Crippen molar-refractivity contribution in [3.05, 3.63) is 0 Å². The van der Waals surface area contributed by atoms with E-state index in [4.69, 9.17) is 5.11 Å². The molecule has 0 aromatic rings. The van der Waals surface area contributed by atoms with Gasteiger partial charge in [0.05, 0.1) is 0 Å². The van der Waals surface area contributed by atoms with Crippen molar-refractivity contribution in [2.75, 3.05) is 7.05 Å². The first kappa shape index (κ1) is 15.8. The van der Waals surface area contributed by atoms with Gasteiger partial charge in [-0.25, -0.2) is 9.59 Å². The molecule has 0 saturated heterocycles. The lowest BCUT2D eigenvalue weighted by molar-refractivity contribution is -0.140. The SMILES string of the molecule is CC1CCCC(N(C)C(=O)N[C@@H](C(=O)O)C(C)C)C1. The van der Waals surface area contributed by atoms with Crippen LogP contribution in [0.5, 0.6) is 0 Å². The fraction of sp³-hybridized carbons (Fsp3) is 0.857. The fourth-order valence-electron chi connectivity index (χ4n) is 2.67. The monoisotopic (exact) mass is 270 g/mol. The van der Waals surface area contributed by atoms with Crippen LogP contribution in [0.1, 0.15) is 46.5 Å². The molecular formula is C14H26N2O3. The summed E-state index contributed by atoms with van der Waals surface area (Å²) in [7, 11) is 1.76. The van der Waals surface area contributed by atoms with Gasteiger partial charge in [0, 0.05) is 13.1 Å². The Labute approximate surface area is 115 Å². The van der Waals surface area contributed by atoms with Crippen molar-refractivity contribution in [3.63, 3.8) is 0 Å². The maximum atomic E-state index is 12.1. The van der Waals surface area contributed by atoms with Crippen molar-refractivity contribution >= 4 is 12.0 Å². The van der Waals surface area contributed by atoms with Gasteiger partial charge in [-0.2, -0.15) is 0 Å². The third-order valence-corrected chi connectivity index (χ3v) is 3.99. The number of urea groups is 1. The van der Waals surface area contributed by atoms with E-state index in [1.54, 1.807) is 25.8 Å². The molecule has 0 bridgehead atoms. The maximum absolute atomic E-state index is 12.1. The highest BCUT2D eigenvalue weighted by Crippen LogP contribution is 2.26. The summed E-state index contributed by atoms with van der Waals surface area (Å²) in [6.07, 6.45) is 4.36. The average molecular weight is 270 g/mol. The van der Waals surface area contributed by atoms with Crippen molar-refractivity contribution in [1.82, 2.24) is 10.2 Å². The lowest BCUT2D eigenvalue weighted by atomic mass is 9.86. The number of carbonyl (C=O) groups is 2. The first-order valence-corrected chi connectivity index (χ1v) is 7.09. The van der Waals surface area contributed by atoms with E-state index >= 15 is 0 Å². The van der Waals surface area contributed by atoms with Gasteiger partial charge in [-0.15, -0.1) is 0 Å². The number of carbonyl (C=O) groups excluding carboxylic acids is 1. The Bertz CT molecular complexity index is 331.